The third-order valence-corrected chi connectivity index (χ3v) is 4.91. The highest BCUT2D eigenvalue weighted by Crippen LogP contribution is 2.25. The van der Waals surface area contributed by atoms with E-state index in [4.69, 9.17) is 23.2 Å². The molecule has 1 atom stereocenters. The number of alkyl halides is 1. The fraction of sp³-hybridized carbons (Fsp3) is 0.455. The molecule has 1 aromatic rings. The number of sulfonamides is 1. The molecule has 0 bridgehead atoms. The van der Waals surface area contributed by atoms with E-state index in [1.807, 2.05) is 6.92 Å². The van der Waals surface area contributed by atoms with Gasteiger partial charge in [-0.25, -0.2) is 13.1 Å². The first kappa shape index (κ1) is 16.2. The van der Waals surface area contributed by atoms with Crippen molar-refractivity contribution in [3.8, 4) is 0 Å². The topological polar surface area (TPSA) is 46.2 Å². The molecule has 0 aromatic heterocycles. The average Bonchev–Trinajstić information content (AvgIpc) is 2.23. The van der Waals surface area contributed by atoms with Gasteiger partial charge in [0.2, 0.25) is 10.0 Å². The summed E-state index contributed by atoms with van der Waals surface area (Å²) in [5.74, 6) is 0. The van der Waals surface area contributed by atoms with Crippen molar-refractivity contribution in [3.63, 3.8) is 0 Å². The Morgan fingerprint density at radius 1 is 1.44 bits per heavy atom. The number of hydrogen-bond donors (Lipinski definition) is 1. The van der Waals surface area contributed by atoms with Gasteiger partial charge in [0.15, 0.2) is 0 Å². The molecule has 0 aliphatic heterocycles. The number of nitrogens with one attached hydrogen (secondary N) is 1. The van der Waals surface area contributed by atoms with Crippen LogP contribution in [0.4, 0.5) is 0 Å². The average molecular weight is 375 g/mol. The number of rotatable bonds is 6. The summed E-state index contributed by atoms with van der Waals surface area (Å²) in [4.78, 5) is 0.0892. The van der Waals surface area contributed by atoms with Gasteiger partial charge in [-0.1, -0.05) is 27.5 Å². The monoisotopic (exact) mass is 373 g/mol. The summed E-state index contributed by atoms with van der Waals surface area (Å²) in [6.45, 7) is 2.23. The van der Waals surface area contributed by atoms with E-state index in [2.05, 4.69) is 20.7 Å². The van der Waals surface area contributed by atoms with E-state index < -0.39 is 10.0 Å². The standard InChI is InChI=1S/C11H14BrCl2NO2S/c1-8(13)3-2-6-15-18(16,17)11-5-4-9(12)7-10(11)14/h4-5,7-8,15H,2-3,6H2,1H3. The minimum Gasteiger partial charge on any atom is -0.211 e. The van der Waals surface area contributed by atoms with Crippen molar-refractivity contribution in [1.82, 2.24) is 4.72 Å². The van der Waals surface area contributed by atoms with Crippen molar-refractivity contribution in [2.24, 2.45) is 0 Å². The molecular weight excluding hydrogens is 361 g/mol. The number of benzene rings is 1. The summed E-state index contributed by atoms with van der Waals surface area (Å²) in [6.07, 6.45) is 1.45. The first-order chi connectivity index (χ1) is 8.33. The summed E-state index contributed by atoms with van der Waals surface area (Å²) < 4.78 is 27.2. The zero-order chi connectivity index (χ0) is 13.8. The first-order valence-corrected chi connectivity index (χ1v) is 8.51. The van der Waals surface area contributed by atoms with Crippen molar-refractivity contribution in [2.75, 3.05) is 6.54 Å². The Kier molecular flexibility index (Phi) is 6.41. The molecule has 1 rings (SSSR count). The lowest BCUT2D eigenvalue weighted by atomic mass is 10.2. The number of hydrogen-bond acceptors (Lipinski definition) is 2. The summed E-state index contributed by atoms with van der Waals surface area (Å²) >= 11 is 14.9. The van der Waals surface area contributed by atoms with Crippen molar-refractivity contribution in [1.29, 1.82) is 0 Å². The molecule has 0 saturated heterocycles. The van der Waals surface area contributed by atoms with Crippen molar-refractivity contribution < 1.29 is 8.42 Å². The predicted octanol–water partition coefficient (Wildman–Crippen LogP) is 3.79. The Bertz CT molecular complexity index is 506. The Morgan fingerprint density at radius 3 is 2.67 bits per heavy atom. The molecule has 102 valence electrons. The maximum Gasteiger partial charge on any atom is 0.242 e. The summed E-state index contributed by atoms with van der Waals surface area (Å²) in [7, 11) is -3.55. The third kappa shape index (κ3) is 5.05. The molecule has 18 heavy (non-hydrogen) atoms. The Morgan fingerprint density at radius 2 is 2.11 bits per heavy atom. The van der Waals surface area contributed by atoms with Crippen molar-refractivity contribution >= 4 is 49.2 Å². The van der Waals surface area contributed by atoms with E-state index in [1.165, 1.54) is 6.07 Å². The quantitative estimate of drug-likeness (QED) is 0.608. The van der Waals surface area contributed by atoms with E-state index in [-0.39, 0.29) is 15.3 Å². The van der Waals surface area contributed by atoms with E-state index >= 15 is 0 Å². The third-order valence-electron chi connectivity index (χ3n) is 2.25. The van der Waals surface area contributed by atoms with Gasteiger partial charge in [0.25, 0.3) is 0 Å². The Balaban J connectivity index is 2.69. The maximum absolute atomic E-state index is 12.0. The minimum atomic E-state index is -3.55. The number of halogens is 3. The zero-order valence-electron chi connectivity index (χ0n) is 9.79. The molecule has 0 spiro atoms. The van der Waals surface area contributed by atoms with Gasteiger partial charge in [-0.3, -0.25) is 0 Å². The molecule has 0 aliphatic rings. The van der Waals surface area contributed by atoms with Gasteiger partial charge in [0.1, 0.15) is 4.90 Å². The van der Waals surface area contributed by atoms with Crippen molar-refractivity contribution in [3.05, 3.63) is 27.7 Å². The van der Waals surface area contributed by atoms with Crippen LogP contribution in [0.1, 0.15) is 19.8 Å². The van der Waals surface area contributed by atoms with Gasteiger partial charge in [0.05, 0.1) is 5.02 Å². The lowest BCUT2D eigenvalue weighted by Crippen LogP contribution is -2.25. The molecule has 1 aromatic carbocycles. The first-order valence-electron chi connectivity index (χ1n) is 5.41. The largest absolute Gasteiger partial charge is 0.242 e. The molecule has 0 heterocycles. The molecule has 1 unspecified atom stereocenters. The fourth-order valence-corrected chi connectivity index (χ4v) is 3.62. The maximum atomic E-state index is 12.0. The van der Waals surface area contributed by atoms with Gasteiger partial charge in [-0.2, -0.15) is 0 Å². The van der Waals surface area contributed by atoms with E-state index in [9.17, 15) is 8.42 Å². The lowest BCUT2D eigenvalue weighted by molar-refractivity contribution is 0.576. The summed E-state index contributed by atoms with van der Waals surface area (Å²) in [6, 6.07) is 4.66. The second kappa shape index (κ2) is 7.10. The van der Waals surface area contributed by atoms with Crippen LogP contribution in [0.5, 0.6) is 0 Å². The summed E-state index contributed by atoms with van der Waals surface area (Å²) in [5.41, 5.74) is 0. The van der Waals surface area contributed by atoms with Crippen LogP contribution in [0.25, 0.3) is 0 Å². The summed E-state index contributed by atoms with van der Waals surface area (Å²) in [5, 5.41) is 0.244. The molecule has 0 saturated carbocycles. The van der Waals surface area contributed by atoms with Crippen LogP contribution in [-0.2, 0) is 10.0 Å². The molecular formula is C11H14BrCl2NO2S. The Labute approximate surface area is 126 Å². The lowest BCUT2D eigenvalue weighted by Gasteiger charge is -2.09. The molecule has 0 fully saturated rings. The van der Waals surface area contributed by atoms with Gasteiger partial charge < -0.3 is 0 Å². The highest BCUT2D eigenvalue weighted by Gasteiger charge is 2.17. The molecule has 0 radical (unpaired) electrons. The fourth-order valence-electron chi connectivity index (χ4n) is 1.36. The van der Waals surface area contributed by atoms with Crippen LogP contribution in [0.15, 0.2) is 27.6 Å². The molecule has 7 heteroatoms. The SMILES string of the molecule is CC(Cl)CCCNS(=O)(=O)c1ccc(Br)cc1Cl. The molecule has 0 aliphatic carbocycles. The molecule has 0 amide bonds. The van der Waals surface area contributed by atoms with Gasteiger partial charge in [-0.05, 0) is 38.0 Å². The highest BCUT2D eigenvalue weighted by molar-refractivity contribution is 9.10. The second-order valence-electron chi connectivity index (χ2n) is 3.90. The highest BCUT2D eigenvalue weighted by atomic mass is 79.9. The zero-order valence-corrected chi connectivity index (χ0v) is 13.7. The predicted molar refractivity (Wildman–Crippen MR) is 78.9 cm³/mol. The van der Waals surface area contributed by atoms with Gasteiger partial charge in [-0.15, -0.1) is 11.6 Å². The van der Waals surface area contributed by atoms with Crippen LogP contribution in [0.3, 0.4) is 0 Å². The van der Waals surface area contributed by atoms with Crippen LogP contribution in [0, 0.1) is 0 Å². The van der Waals surface area contributed by atoms with Crippen LogP contribution < -0.4 is 4.72 Å². The second-order valence-corrected chi connectivity index (χ2v) is 7.70. The normalized spacial score (nSPS) is 13.6. The minimum absolute atomic E-state index is 0.0470. The van der Waals surface area contributed by atoms with Gasteiger partial charge in [0, 0.05) is 16.4 Å². The van der Waals surface area contributed by atoms with Crippen LogP contribution in [0.2, 0.25) is 5.02 Å². The molecule has 1 N–H and O–H groups in total. The van der Waals surface area contributed by atoms with Crippen LogP contribution >= 0.6 is 39.1 Å². The van der Waals surface area contributed by atoms with E-state index in [0.717, 1.165) is 10.9 Å². The van der Waals surface area contributed by atoms with E-state index in [0.29, 0.717) is 13.0 Å². The Hall–Kier alpha value is 0.190. The smallest absolute Gasteiger partial charge is 0.211 e. The van der Waals surface area contributed by atoms with E-state index in [1.54, 1.807) is 12.1 Å². The molecule has 3 nitrogen and oxygen atoms in total. The van der Waals surface area contributed by atoms with Crippen molar-refractivity contribution in [2.45, 2.75) is 30.0 Å². The van der Waals surface area contributed by atoms with Gasteiger partial charge >= 0.3 is 0 Å². The van der Waals surface area contributed by atoms with Crippen LogP contribution in [-0.4, -0.2) is 20.3 Å².